The van der Waals surface area contributed by atoms with Gasteiger partial charge >= 0.3 is 6.03 Å². The Morgan fingerprint density at radius 2 is 1.95 bits per heavy atom. The van der Waals surface area contributed by atoms with Gasteiger partial charge in [-0.2, -0.15) is 0 Å². The Morgan fingerprint density at radius 3 is 2.43 bits per heavy atom. The van der Waals surface area contributed by atoms with Crippen LogP contribution in [0, 0.1) is 13.8 Å². The summed E-state index contributed by atoms with van der Waals surface area (Å²) in [6.45, 7) is 4.90. The standard InChI is InChI=1S/C13H18N2O5S/c1-8-7-10(9(2)20-8)13(3)11(16)15(12(17)14-13)5-6-21(4,18)19/h7H,5-6H2,1-4H3,(H,14,17). The summed E-state index contributed by atoms with van der Waals surface area (Å²) in [6, 6.07) is 1.11. The average molecular weight is 314 g/mol. The van der Waals surface area contributed by atoms with Crippen LogP contribution in [-0.2, 0) is 20.2 Å². The van der Waals surface area contributed by atoms with Gasteiger partial charge in [0.2, 0.25) is 0 Å². The molecular formula is C13H18N2O5S. The zero-order valence-electron chi connectivity index (χ0n) is 12.4. The smallest absolute Gasteiger partial charge is 0.325 e. The third-order valence-corrected chi connectivity index (χ3v) is 4.46. The van der Waals surface area contributed by atoms with Crippen molar-refractivity contribution in [2.75, 3.05) is 18.6 Å². The first-order chi connectivity index (χ1) is 9.54. The van der Waals surface area contributed by atoms with Crippen LogP contribution in [0.3, 0.4) is 0 Å². The third kappa shape index (κ3) is 2.80. The first-order valence-corrected chi connectivity index (χ1v) is 8.50. The molecule has 1 N–H and O–H groups in total. The molecule has 0 spiro atoms. The Bertz CT molecular complexity index is 706. The molecule has 0 radical (unpaired) electrons. The second kappa shape index (κ2) is 4.87. The molecule has 1 fully saturated rings. The van der Waals surface area contributed by atoms with E-state index in [9.17, 15) is 18.0 Å². The molecule has 0 bridgehead atoms. The topological polar surface area (TPSA) is 96.7 Å². The highest BCUT2D eigenvalue weighted by molar-refractivity contribution is 7.90. The predicted octanol–water partition coefficient (Wildman–Crippen LogP) is 0.708. The van der Waals surface area contributed by atoms with Gasteiger partial charge in [-0.05, 0) is 26.8 Å². The van der Waals surface area contributed by atoms with E-state index >= 15 is 0 Å². The molecule has 0 saturated carbocycles. The molecule has 7 nitrogen and oxygen atoms in total. The lowest BCUT2D eigenvalue weighted by molar-refractivity contribution is -0.130. The fraction of sp³-hybridized carbons (Fsp3) is 0.538. The Kier molecular flexibility index (Phi) is 3.61. The maximum atomic E-state index is 12.5. The van der Waals surface area contributed by atoms with Crippen LogP contribution < -0.4 is 5.32 Å². The summed E-state index contributed by atoms with van der Waals surface area (Å²) in [6.07, 6.45) is 1.06. The van der Waals surface area contributed by atoms with Crippen LogP contribution in [0.25, 0.3) is 0 Å². The van der Waals surface area contributed by atoms with Gasteiger partial charge in [-0.1, -0.05) is 0 Å². The molecule has 3 amide bonds. The van der Waals surface area contributed by atoms with E-state index in [-0.39, 0.29) is 12.3 Å². The van der Waals surface area contributed by atoms with Crippen LogP contribution in [0.1, 0.15) is 24.0 Å². The lowest BCUT2D eigenvalue weighted by Gasteiger charge is -2.21. The maximum Gasteiger partial charge on any atom is 0.325 e. The Morgan fingerprint density at radius 1 is 1.33 bits per heavy atom. The zero-order valence-corrected chi connectivity index (χ0v) is 13.2. The van der Waals surface area contributed by atoms with E-state index in [1.165, 1.54) is 0 Å². The zero-order chi connectivity index (χ0) is 16.0. The largest absolute Gasteiger partial charge is 0.466 e. The first-order valence-electron chi connectivity index (χ1n) is 6.44. The van der Waals surface area contributed by atoms with E-state index in [0.717, 1.165) is 11.2 Å². The van der Waals surface area contributed by atoms with Crippen LogP contribution in [0.15, 0.2) is 10.5 Å². The van der Waals surface area contributed by atoms with Crippen LogP contribution in [0.5, 0.6) is 0 Å². The number of imide groups is 1. The SMILES string of the molecule is Cc1cc(C2(C)NC(=O)N(CCS(C)(=O)=O)C2=O)c(C)o1. The number of rotatable bonds is 4. The van der Waals surface area contributed by atoms with Crippen molar-refractivity contribution < 1.29 is 22.4 Å². The van der Waals surface area contributed by atoms with Crippen LogP contribution in [0.4, 0.5) is 4.79 Å². The highest BCUT2D eigenvalue weighted by Crippen LogP contribution is 2.32. The van der Waals surface area contributed by atoms with E-state index in [0.29, 0.717) is 17.1 Å². The van der Waals surface area contributed by atoms with Crippen molar-refractivity contribution in [1.82, 2.24) is 10.2 Å². The van der Waals surface area contributed by atoms with Gasteiger partial charge in [0, 0.05) is 18.4 Å². The number of carbonyl (C=O) groups excluding carboxylic acids is 2. The van der Waals surface area contributed by atoms with Gasteiger partial charge in [-0.25, -0.2) is 13.2 Å². The van der Waals surface area contributed by atoms with E-state index in [2.05, 4.69) is 5.32 Å². The van der Waals surface area contributed by atoms with Gasteiger partial charge in [0.1, 0.15) is 26.9 Å². The van der Waals surface area contributed by atoms with E-state index in [4.69, 9.17) is 4.42 Å². The number of nitrogens with one attached hydrogen (secondary N) is 1. The van der Waals surface area contributed by atoms with Crippen molar-refractivity contribution >= 4 is 21.8 Å². The number of hydrogen-bond donors (Lipinski definition) is 1. The number of urea groups is 1. The fourth-order valence-corrected chi connectivity index (χ4v) is 2.98. The normalized spacial score (nSPS) is 22.8. The van der Waals surface area contributed by atoms with Crippen molar-refractivity contribution in [3.8, 4) is 0 Å². The highest BCUT2D eigenvalue weighted by Gasteiger charge is 2.50. The number of furan rings is 1. The summed E-state index contributed by atoms with van der Waals surface area (Å²) in [7, 11) is -3.26. The molecule has 0 aliphatic carbocycles. The van der Waals surface area contributed by atoms with Crippen molar-refractivity contribution in [2.24, 2.45) is 0 Å². The molecule has 1 saturated heterocycles. The molecular weight excluding hydrogens is 296 g/mol. The molecule has 2 heterocycles. The van der Waals surface area contributed by atoms with Crippen LogP contribution in [-0.4, -0.2) is 43.8 Å². The molecule has 21 heavy (non-hydrogen) atoms. The van der Waals surface area contributed by atoms with Crippen LogP contribution >= 0.6 is 0 Å². The van der Waals surface area contributed by atoms with Gasteiger partial charge in [0.05, 0.1) is 5.75 Å². The Labute approximate surface area is 123 Å². The summed E-state index contributed by atoms with van der Waals surface area (Å²) in [5, 5.41) is 2.62. The van der Waals surface area contributed by atoms with Gasteiger partial charge in [0.15, 0.2) is 0 Å². The average Bonchev–Trinajstić information content (AvgIpc) is 2.76. The number of nitrogens with zero attached hydrogens (tertiary/aromatic N) is 1. The molecule has 116 valence electrons. The maximum absolute atomic E-state index is 12.5. The second-order valence-electron chi connectivity index (χ2n) is 5.47. The second-order valence-corrected chi connectivity index (χ2v) is 7.73. The lowest BCUT2D eigenvalue weighted by Crippen LogP contribution is -2.41. The molecule has 1 unspecified atom stereocenters. The monoisotopic (exact) mass is 314 g/mol. The quantitative estimate of drug-likeness (QED) is 0.826. The minimum Gasteiger partial charge on any atom is -0.466 e. The molecule has 1 aliphatic heterocycles. The molecule has 2 rings (SSSR count). The van der Waals surface area contributed by atoms with E-state index in [1.54, 1.807) is 26.8 Å². The number of carbonyl (C=O) groups is 2. The highest BCUT2D eigenvalue weighted by atomic mass is 32.2. The first kappa shape index (κ1) is 15.6. The van der Waals surface area contributed by atoms with Gasteiger partial charge in [0.25, 0.3) is 5.91 Å². The fourth-order valence-electron chi connectivity index (χ4n) is 2.47. The Balaban J connectivity index is 2.30. The van der Waals surface area contributed by atoms with Gasteiger partial charge < -0.3 is 9.73 Å². The molecule has 1 atom stereocenters. The summed E-state index contributed by atoms with van der Waals surface area (Å²) < 4.78 is 27.8. The summed E-state index contributed by atoms with van der Waals surface area (Å²) in [5.41, 5.74) is -0.642. The number of aryl methyl sites for hydroxylation is 2. The number of hydrogen-bond acceptors (Lipinski definition) is 5. The molecule has 0 aromatic carbocycles. The van der Waals surface area contributed by atoms with Gasteiger partial charge in [-0.15, -0.1) is 0 Å². The van der Waals surface area contributed by atoms with Crippen molar-refractivity contribution in [3.05, 3.63) is 23.2 Å². The summed E-state index contributed by atoms with van der Waals surface area (Å²) in [5.74, 6) is 0.458. The lowest BCUT2D eigenvalue weighted by atomic mass is 9.92. The van der Waals surface area contributed by atoms with Gasteiger partial charge in [-0.3, -0.25) is 9.69 Å². The molecule has 1 aromatic rings. The predicted molar refractivity (Wildman–Crippen MR) is 75.5 cm³/mol. The van der Waals surface area contributed by atoms with E-state index in [1.807, 2.05) is 0 Å². The third-order valence-electron chi connectivity index (χ3n) is 3.54. The van der Waals surface area contributed by atoms with Crippen molar-refractivity contribution in [2.45, 2.75) is 26.3 Å². The minimum atomic E-state index is -3.26. The number of sulfone groups is 1. The van der Waals surface area contributed by atoms with E-state index < -0.39 is 27.3 Å². The minimum absolute atomic E-state index is 0.158. The Hall–Kier alpha value is -1.83. The molecule has 1 aliphatic rings. The number of amides is 3. The van der Waals surface area contributed by atoms with Crippen molar-refractivity contribution in [3.63, 3.8) is 0 Å². The molecule has 8 heteroatoms. The van der Waals surface area contributed by atoms with Crippen molar-refractivity contribution in [1.29, 1.82) is 0 Å². The van der Waals surface area contributed by atoms with Crippen LogP contribution in [0.2, 0.25) is 0 Å². The summed E-state index contributed by atoms with van der Waals surface area (Å²) >= 11 is 0. The summed E-state index contributed by atoms with van der Waals surface area (Å²) in [4.78, 5) is 25.4. The molecule has 1 aromatic heterocycles.